The predicted molar refractivity (Wildman–Crippen MR) is 59.1 cm³/mol. The van der Waals surface area contributed by atoms with Gasteiger partial charge in [0.25, 0.3) is 0 Å². The molecule has 1 aromatic carbocycles. The Morgan fingerprint density at radius 3 is 2.93 bits per heavy atom. The molecule has 3 heteroatoms. The van der Waals surface area contributed by atoms with Crippen molar-refractivity contribution in [3.05, 3.63) is 33.5 Å². The van der Waals surface area contributed by atoms with Crippen molar-refractivity contribution < 1.29 is 4.39 Å². The highest BCUT2D eigenvalue weighted by molar-refractivity contribution is 9.10. The third-order valence-electron chi connectivity index (χ3n) is 2.79. The van der Waals surface area contributed by atoms with Crippen LogP contribution >= 0.6 is 15.9 Å². The molecule has 1 fully saturated rings. The Morgan fingerprint density at radius 2 is 2.29 bits per heavy atom. The Balaban J connectivity index is 2.44. The maximum Gasteiger partial charge on any atom is 0.127 e. The average Bonchev–Trinajstić information content (AvgIpc) is 2.65. The fraction of sp³-hybridized carbons (Fsp3) is 0.455. The standard InChI is InChI=1S/C11H13BrFN/c1-7-2-3-9(13)10(11(7)12)8-4-5-14-6-8/h2-3,8,14H,4-6H2,1H3. The molecule has 0 bridgehead atoms. The van der Waals surface area contributed by atoms with Crippen LogP contribution in [0.15, 0.2) is 16.6 Å². The predicted octanol–water partition coefficient (Wildman–Crippen LogP) is 2.97. The molecule has 1 N–H and O–H groups in total. The first kappa shape index (κ1) is 10.1. The molecule has 1 unspecified atom stereocenters. The fourth-order valence-corrected chi connectivity index (χ4v) is 2.60. The van der Waals surface area contributed by atoms with Crippen LogP contribution in [0, 0.1) is 12.7 Å². The largest absolute Gasteiger partial charge is 0.316 e. The number of halogens is 2. The van der Waals surface area contributed by atoms with Crippen LogP contribution in [-0.2, 0) is 0 Å². The minimum atomic E-state index is -0.0869. The van der Waals surface area contributed by atoms with Crippen LogP contribution in [0.5, 0.6) is 0 Å². The van der Waals surface area contributed by atoms with E-state index in [4.69, 9.17) is 0 Å². The number of nitrogens with one attached hydrogen (secondary N) is 1. The van der Waals surface area contributed by atoms with Gasteiger partial charge in [0, 0.05) is 22.5 Å². The summed E-state index contributed by atoms with van der Waals surface area (Å²) in [5.41, 5.74) is 1.95. The number of hydrogen-bond donors (Lipinski definition) is 1. The summed E-state index contributed by atoms with van der Waals surface area (Å²) >= 11 is 3.47. The Hall–Kier alpha value is -0.410. The van der Waals surface area contributed by atoms with E-state index < -0.39 is 0 Å². The van der Waals surface area contributed by atoms with E-state index in [-0.39, 0.29) is 5.82 Å². The number of benzene rings is 1. The Bertz CT molecular complexity index is 345. The second-order valence-electron chi connectivity index (χ2n) is 3.78. The van der Waals surface area contributed by atoms with Crippen LogP contribution in [0.1, 0.15) is 23.5 Å². The van der Waals surface area contributed by atoms with Gasteiger partial charge in [0.2, 0.25) is 0 Å². The van der Waals surface area contributed by atoms with Crippen LogP contribution in [-0.4, -0.2) is 13.1 Å². The SMILES string of the molecule is Cc1ccc(F)c(C2CCNC2)c1Br. The molecule has 0 radical (unpaired) electrons. The Kier molecular flexibility index (Phi) is 2.88. The molecule has 76 valence electrons. The zero-order valence-electron chi connectivity index (χ0n) is 8.11. The molecule has 0 saturated carbocycles. The summed E-state index contributed by atoms with van der Waals surface area (Å²) in [6.45, 7) is 3.87. The molecule has 1 heterocycles. The molecule has 0 spiro atoms. The van der Waals surface area contributed by atoms with Gasteiger partial charge in [-0.15, -0.1) is 0 Å². The van der Waals surface area contributed by atoms with Crippen LogP contribution in [0.2, 0.25) is 0 Å². The summed E-state index contributed by atoms with van der Waals surface area (Å²) in [5, 5.41) is 3.26. The third kappa shape index (κ3) is 1.71. The van der Waals surface area contributed by atoms with E-state index in [9.17, 15) is 4.39 Å². The van der Waals surface area contributed by atoms with Gasteiger partial charge in [0.05, 0.1) is 0 Å². The number of hydrogen-bond acceptors (Lipinski definition) is 1. The molecule has 1 atom stereocenters. The van der Waals surface area contributed by atoms with Crippen molar-refractivity contribution in [1.82, 2.24) is 5.32 Å². The molecular formula is C11H13BrFN. The van der Waals surface area contributed by atoms with E-state index in [0.29, 0.717) is 5.92 Å². The van der Waals surface area contributed by atoms with Gasteiger partial charge in [-0.3, -0.25) is 0 Å². The minimum absolute atomic E-state index is 0.0869. The Labute approximate surface area is 91.8 Å². The lowest BCUT2D eigenvalue weighted by molar-refractivity contribution is 0.585. The van der Waals surface area contributed by atoms with Gasteiger partial charge < -0.3 is 5.32 Å². The van der Waals surface area contributed by atoms with Crippen LogP contribution in [0.25, 0.3) is 0 Å². The first-order valence-electron chi connectivity index (χ1n) is 4.85. The van der Waals surface area contributed by atoms with Crippen molar-refractivity contribution in [3.8, 4) is 0 Å². The fourth-order valence-electron chi connectivity index (χ4n) is 1.95. The van der Waals surface area contributed by atoms with Crippen molar-refractivity contribution in [2.75, 3.05) is 13.1 Å². The maximum atomic E-state index is 13.6. The lowest BCUT2D eigenvalue weighted by Gasteiger charge is -2.14. The monoisotopic (exact) mass is 257 g/mol. The van der Waals surface area contributed by atoms with Gasteiger partial charge in [0.15, 0.2) is 0 Å². The van der Waals surface area contributed by atoms with Crippen molar-refractivity contribution in [3.63, 3.8) is 0 Å². The number of aryl methyl sites for hydroxylation is 1. The molecule has 1 aliphatic rings. The van der Waals surface area contributed by atoms with Gasteiger partial charge in [-0.2, -0.15) is 0 Å². The zero-order chi connectivity index (χ0) is 10.1. The highest BCUT2D eigenvalue weighted by Gasteiger charge is 2.22. The van der Waals surface area contributed by atoms with Gasteiger partial charge in [-0.1, -0.05) is 22.0 Å². The van der Waals surface area contributed by atoms with E-state index >= 15 is 0 Å². The summed E-state index contributed by atoms with van der Waals surface area (Å²) in [4.78, 5) is 0. The molecule has 1 nitrogen and oxygen atoms in total. The van der Waals surface area contributed by atoms with Crippen molar-refractivity contribution >= 4 is 15.9 Å². The van der Waals surface area contributed by atoms with Gasteiger partial charge in [-0.05, 0) is 31.5 Å². The van der Waals surface area contributed by atoms with E-state index in [2.05, 4.69) is 21.2 Å². The third-order valence-corrected chi connectivity index (χ3v) is 3.84. The summed E-state index contributed by atoms with van der Waals surface area (Å²) in [6, 6.07) is 3.37. The number of rotatable bonds is 1. The minimum Gasteiger partial charge on any atom is -0.316 e. The highest BCUT2D eigenvalue weighted by atomic mass is 79.9. The lowest BCUT2D eigenvalue weighted by Crippen LogP contribution is -2.09. The smallest absolute Gasteiger partial charge is 0.127 e. The Morgan fingerprint density at radius 1 is 1.50 bits per heavy atom. The molecule has 14 heavy (non-hydrogen) atoms. The first-order valence-corrected chi connectivity index (χ1v) is 5.64. The van der Waals surface area contributed by atoms with E-state index in [1.54, 1.807) is 6.07 Å². The first-order chi connectivity index (χ1) is 6.70. The molecule has 1 aliphatic heterocycles. The summed E-state index contributed by atoms with van der Waals surface area (Å²) in [6.07, 6.45) is 1.03. The molecule has 0 aliphatic carbocycles. The normalized spacial score (nSPS) is 21.5. The highest BCUT2D eigenvalue weighted by Crippen LogP contribution is 2.33. The molecule has 0 aromatic heterocycles. The van der Waals surface area contributed by atoms with E-state index in [0.717, 1.165) is 35.1 Å². The van der Waals surface area contributed by atoms with Crippen molar-refractivity contribution in [1.29, 1.82) is 0 Å². The van der Waals surface area contributed by atoms with Gasteiger partial charge in [0.1, 0.15) is 5.82 Å². The second kappa shape index (κ2) is 3.99. The van der Waals surface area contributed by atoms with E-state index in [1.165, 1.54) is 0 Å². The molecule has 2 rings (SSSR count). The lowest BCUT2D eigenvalue weighted by atomic mass is 9.96. The van der Waals surface area contributed by atoms with Crippen LogP contribution < -0.4 is 5.32 Å². The molecule has 1 aromatic rings. The molecular weight excluding hydrogens is 245 g/mol. The van der Waals surface area contributed by atoms with Crippen molar-refractivity contribution in [2.24, 2.45) is 0 Å². The van der Waals surface area contributed by atoms with Gasteiger partial charge in [-0.25, -0.2) is 4.39 Å². The summed E-state index contributed by atoms with van der Waals surface area (Å²) in [5.74, 6) is 0.237. The van der Waals surface area contributed by atoms with Crippen LogP contribution in [0.4, 0.5) is 4.39 Å². The zero-order valence-corrected chi connectivity index (χ0v) is 9.70. The molecule has 0 amide bonds. The topological polar surface area (TPSA) is 12.0 Å². The average molecular weight is 258 g/mol. The van der Waals surface area contributed by atoms with Crippen molar-refractivity contribution in [2.45, 2.75) is 19.3 Å². The van der Waals surface area contributed by atoms with Gasteiger partial charge >= 0.3 is 0 Å². The maximum absolute atomic E-state index is 13.6. The quantitative estimate of drug-likeness (QED) is 0.816. The second-order valence-corrected chi connectivity index (χ2v) is 4.57. The molecule has 1 saturated heterocycles. The summed E-state index contributed by atoms with van der Waals surface area (Å²) < 4.78 is 14.6. The summed E-state index contributed by atoms with van der Waals surface area (Å²) in [7, 11) is 0. The van der Waals surface area contributed by atoms with E-state index in [1.807, 2.05) is 13.0 Å². The van der Waals surface area contributed by atoms with Crippen LogP contribution in [0.3, 0.4) is 0 Å².